The number of anilines is 2. The number of nitrogens with two attached hydrogens (primary N) is 1. The molecule has 37 heavy (non-hydrogen) atoms. The molecule has 2 aromatic heterocycles. The van der Waals surface area contributed by atoms with Gasteiger partial charge in [0.2, 0.25) is 0 Å². The molecule has 8 heteroatoms. The van der Waals surface area contributed by atoms with E-state index in [1.807, 2.05) is 78.9 Å². The topological polar surface area (TPSA) is 107 Å². The summed E-state index contributed by atoms with van der Waals surface area (Å²) in [5, 5.41) is 6.84. The molecule has 2 amide bonds. The molecule has 5 rings (SSSR count). The molecule has 0 saturated heterocycles. The number of fused-ring (bicyclic) bond motifs is 3. The molecule has 0 aliphatic carbocycles. The van der Waals surface area contributed by atoms with Crippen LogP contribution in [0.3, 0.4) is 0 Å². The second kappa shape index (κ2) is 11.0. The van der Waals surface area contributed by atoms with E-state index in [0.717, 1.165) is 47.3 Å². The van der Waals surface area contributed by atoms with Crippen molar-refractivity contribution in [3.05, 3.63) is 84.7 Å². The minimum atomic E-state index is -0.276. The molecule has 5 aromatic rings. The number of amides is 2. The molecular weight excluding hydrogens is 464 g/mol. The summed E-state index contributed by atoms with van der Waals surface area (Å²) in [5.41, 5.74) is 9.47. The molecule has 0 atom stereocenters. The van der Waals surface area contributed by atoms with E-state index < -0.39 is 0 Å². The fourth-order valence-corrected chi connectivity index (χ4v) is 4.36. The lowest BCUT2D eigenvalue weighted by atomic mass is 10.2. The van der Waals surface area contributed by atoms with E-state index in [1.54, 1.807) is 0 Å². The molecule has 0 aliphatic heterocycles. The highest BCUT2D eigenvalue weighted by atomic mass is 16.5. The van der Waals surface area contributed by atoms with Gasteiger partial charge in [0, 0.05) is 30.6 Å². The molecule has 0 aliphatic rings. The SMILES string of the molecule is CCCCc1nc2c(N)nc3ccccc3c2n1CCNC(=O)Nc1ccc(Oc2ccccc2)cc1. The number of carbonyl (C=O) groups is 1. The third kappa shape index (κ3) is 5.48. The first-order chi connectivity index (χ1) is 18.1. The molecule has 0 fully saturated rings. The Morgan fingerprint density at radius 2 is 1.68 bits per heavy atom. The van der Waals surface area contributed by atoms with Crippen molar-refractivity contribution in [1.29, 1.82) is 0 Å². The smallest absolute Gasteiger partial charge is 0.319 e. The summed E-state index contributed by atoms with van der Waals surface area (Å²) in [7, 11) is 0. The van der Waals surface area contributed by atoms with Crippen LogP contribution in [-0.4, -0.2) is 27.1 Å². The van der Waals surface area contributed by atoms with E-state index in [0.29, 0.717) is 35.9 Å². The van der Waals surface area contributed by atoms with Crippen LogP contribution in [0.4, 0.5) is 16.3 Å². The number of unbranched alkanes of at least 4 members (excludes halogenated alkanes) is 1. The van der Waals surface area contributed by atoms with Gasteiger partial charge in [-0.3, -0.25) is 0 Å². The van der Waals surface area contributed by atoms with Gasteiger partial charge in [-0.05, 0) is 48.9 Å². The Hall–Kier alpha value is -4.59. The minimum absolute atomic E-state index is 0.276. The number of pyridine rings is 1. The van der Waals surface area contributed by atoms with Gasteiger partial charge in [0.05, 0.1) is 11.0 Å². The number of ether oxygens (including phenoxy) is 1. The fourth-order valence-electron chi connectivity index (χ4n) is 4.36. The van der Waals surface area contributed by atoms with Crippen molar-refractivity contribution in [1.82, 2.24) is 19.9 Å². The third-order valence-electron chi connectivity index (χ3n) is 6.16. The number of nitrogens with zero attached hydrogens (tertiary/aromatic N) is 3. The van der Waals surface area contributed by atoms with Crippen molar-refractivity contribution in [3.8, 4) is 11.5 Å². The Morgan fingerprint density at radius 1 is 0.946 bits per heavy atom. The van der Waals surface area contributed by atoms with E-state index in [9.17, 15) is 4.79 Å². The van der Waals surface area contributed by atoms with Gasteiger partial charge >= 0.3 is 6.03 Å². The van der Waals surface area contributed by atoms with Gasteiger partial charge in [-0.25, -0.2) is 14.8 Å². The average Bonchev–Trinajstić information content (AvgIpc) is 3.28. The van der Waals surface area contributed by atoms with E-state index >= 15 is 0 Å². The van der Waals surface area contributed by atoms with E-state index in [-0.39, 0.29) is 6.03 Å². The van der Waals surface area contributed by atoms with Crippen LogP contribution < -0.4 is 21.1 Å². The van der Waals surface area contributed by atoms with Crippen LogP contribution in [-0.2, 0) is 13.0 Å². The second-order valence-corrected chi connectivity index (χ2v) is 8.82. The van der Waals surface area contributed by atoms with Crippen LogP contribution in [0.2, 0.25) is 0 Å². The lowest BCUT2D eigenvalue weighted by Gasteiger charge is -2.13. The Morgan fingerprint density at radius 3 is 2.46 bits per heavy atom. The van der Waals surface area contributed by atoms with Crippen molar-refractivity contribution < 1.29 is 9.53 Å². The number of benzene rings is 3. The summed E-state index contributed by atoms with van der Waals surface area (Å²) in [4.78, 5) is 22.0. The van der Waals surface area contributed by atoms with Gasteiger partial charge in [-0.1, -0.05) is 49.7 Å². The number of carbonyl (C=O) groups excluding carboxylic acids is 1. The monoisotopic (exact) mass is 494 g/mol. The first-order valence-electron chi connectivity index (χ1n) is 12.5. The Bertz CT molecular complexity index is 1510. The summed E-state index contributed by atoms with van der Waals surface area (Å²) >= 11 is 0. The van der Waals surface area contributed by atoms with Crippen LogP contribution in [0.1, 0.15) is 25.6 Å². The number of urea groups is 1. The number of imidazole rings is 1. The Labute approximate surface area is 215 Å². The summed E-state index contributed by atoms with van der Waals surface area (Å²) in [6.07, 6.45) is 2.92. The number of aromatic nitrogens is 3. The highest BCUT2D eigenvalue weighted by Crippen LogP contribution is 2.29. The van der Waals surface area contributed by atoms with E-state index in [4.69, 9.17) is 15.5 Å². The zero-order valence-corrected chi connectivity index (χ0v) is 20.8. The first kappa shape index (κ1) is 24.1. The molecule has 8 nitrogen and oxygen atoms in total. The first-order valence-corrected chi connectivity index (χ1v) is 12.5. The van der Waals surface area contributed by atoms with Crippen LogP contribution in [0.25, 0.3) is 21.9 Å². The van der Waals surface area contributed by atoms with Crippen molar-refractivity contribution in [2.24, 2.45) is 0 Å². The normalized spacial score (nSPS) is 11.1. The van der Waals surface area contributed by atoms with Crippen molar-refractivity contribution in [3.63, 3.8) is 0 Å². The second-order valence-electron chi connectivity index (χ2n) is 8.82. The number of para-hydroxylation sites is 2. The molecule has 188 valence electrons. The molecule has 0 spiro atoms. The molecule has 2 heterocycles. The van der Waals surface area contributed by atoms with Crippen LogP contribution >= 0.6 is 0 Å². The third-order valence-corrected chi connectivity index (χ3v) is 6.16. The predicted octanol–water partition coefficient (Wildman–Crippen LogP) is 6.12. The number of aryl methyl sites for hydroxylation is 1. The van der Waals surface area contributed by atoms with Gasteiger partial charge < -0.3 is 25.7 Å². The van der Waals surface area contributed by atoms with Crippen molar-refractivity contribution in [2.45, 2.75) is 32.7 Å². The van der Waals surface area contributed by atoms with E-state index in [1.165, 1.54) is 0 Å². The lowest BCUT2D eigenvalue weighted by Crippen LogP contribution is -2.31. The van der Waals surface area contributed by atoms with Crippen LogP contribution in [0.5, 0.6) is 11.5 Å². The number of hydrogen-bond donors (Lipinski definition) is 3. The molecule has 4 N–H and O–H groups in total. The summed E-state index contributed by atoms with van der Waals surface area (Å²) in [6, 6.07) is 24.5. The molecule has 0 saturated carbocycles. The van der Waals surface area contributed by atoms with Gasteiger partial charge in [-0.2, -0.15) is 0 Å². The number of nitrogen functional groups attached to an aromatic ring is 1. The number of nitrogens with one attached hydrogen (secondary N) is 2. The largest absolute Gasteiger partial charge is 0.457 e. The summed E-state index contributed by atoms with van der Waals surface area (Å²) < 4.78 is 7.98. The highest BCUT2D eigenvalue weighted by molar-refractivity contribution is 6.06. The summed E-state index contributed by atoms with van der Waals surface area (Å²) in [5.74, 6) is 2.84. The standard InChI is InChI=1S/C29H30N6O2/c1-2-3-13-25-34-26-27(23-11-7-8-12-24(23)33-28(26)30)35(25)19-18-31-29(36)32-20-14-16-22(17-15-20)37-21-9-5-4-6-10-21/h4-12,14-17H,2-3,13,18-19H2,1H3,(H2,30,33)(H2,31,32,36). The maximum atomic E-state index is 12.6. The van der Waals surface area contributed by atoms with Gasteiger partial charge in [0.1, 0.15) is 22.8 Å². The Balaban J connectivity index is 1.26. The maximum Gasteiger partial charge on any atom is 0.319 e. The Kier molecular flexibility index (Phi) is 7.16. The van der Waals surface area contributed by atoms with Crippen LogP contribution in [0, 0.1) is 0 Å². The number of rotatable bonds is 9. The fraction of sp³-hybridized carbons (Fsp3) is 0.207. The maximum absolute atomic E-state index is 12.6. The van der Waals surface area contributed by atoms with Gasteiger partial charge in [-0.15, -0.1) is 0 Å². The van der Waals surface area contributed by atoms with Crippen LogP contribution in [0.15, 0.2) is 78.9 Å². The zero-order valence-electron chi connectivity index (χ0n) is 20.8. The quantitative estimate of drug-likeness (QED) is 0.229. The molecule has 0 unspecified atom stereocenters. The minimum Gasteiger partial charge on any atom is -0.457 e. The van der Waals surface area contributed by atoms with E-state index in [2.05, 4.69) is 27.1 Å². The molecule has 0 radical (unpaired) electrons. The lowest BCUT2D eigenvalue weighted by molar-refractivity contribution is 0.251. The predicted molar refractivity (Wildman–Crippen MR) is 148 cm³/mol. The van der Waals surface area contributed by atoms with Gasteiger partial charge in [0.25, 0.3) is 0 Å². The average molecular weight is 495 g/mol. The van der Waals surface area contributed by atoms with Crippen molar-refractivity contribution in [2.75, 3.05) is 17.6 Å². The van der Waals surface area contributed by atoms with Crippen molar-refractivity contribution >= 4 is 39.5 Å². The highest BCUT2D eigenvalue weighted by Gasteiger charge is 2.17. The van der Waals surface area contributed by atoms with Gasteiger partial charge in [0.15, 0.2) is 5.82 Å². The number of hydrogen-bond acceptors (Lipinski definition) is 5. The molecular formula is C29H30N6O2. The zero-order chi connectivity index (χ0) is 25.6. The molecule has 0 bridgehead atoms. The summed E-state index contributed by atoms with van der Waals surface area (Å²) in [6.45, 7) is 3.16. The molecule has 3 aromatic carbocycles.